The van der Waals surface area contributed by atoms with Gasteiger partial charge in [-0.05, 0) is 37.5 Å². The third-order valence-corrected chi connectivity index (χ3v) is 6.99. The van der Waals surface area contributed by atoms with Crippen LogP contribution in [0, 0.1) is 16.7 Å². The van der Waals surface area contributed by atoms with Gasteiger partial charge in [0, 0.05) is 37.1 Å². The maximum absolute atomic E-state index is 9.90. The summed E-state index contributed by atoms with van der Waals surface area (Å²) in [7, 11) is 0. The van der Waals surface area contributed by atoms with Crippen molar-refractivity contribution in [3.63, 3.8) is 0 Å². The Kier molecular flexibility index (Phi) is 3.36. The Labute approximate surface area is 122 Å². The van der Waals surface area contributed by atoms with Gasteiger partial charge in [-0.1, -0.05) is 19.3 Å². The largest absolute Gasteiger partial charge is 0.396 e. The van der Waals surface area contributed by atoms with Gasteiger partial charge in [0.2, 0.25) is 0 Å². The minimum Gasteiger partial charge on any atom is -0.396 e. The number of hydrogen-bond donors (Lipinski definition) is 1. The lowest BCUT2D eigenvalue weighted by Crippen LogP contribution is -2.51. The number of nitrogens with zero attached hydrogens (tertiary/aromatic N) is 1. The fourth-order valence-corrected chi connectivity index (χ4v) is 5.53. The van der Waals surface area contributed by atoms with E-state index in [1.807, 2.05) is 0 Å². The van der Waals surface area contributed by atoms with Gasteiger partial charge in [0.1, 0.15) is 0 Å². The summed E-state index contributed by atoms with van der Waals surface area (Å²) in [5, 5.41) is 9.90. The molecule has 0 bridgehead atoms. The Morgan fingerprint density at radius 1 is 1.10 bits per heavy atom. The Morgan fingerprint density at radius 2 is 1.90 bits per heavy atom. The van der Waals surface area contributed by atoms with Crippen LogP contribution in [-0.2, 0) is 4.74 Å². The minimum absolute atomic E-state index is 0.160. The lowest BCUT2D eigenvalue weighted by molar-refractivity contribution is -0.0446. The molecule has 4 rings (SSSR count). The molecule has 4 fully saturated rings. The highest BCUT2D eigenvalue weighted by atomic mass is 16.5. The molecule has 0 aromatic carbocycles. The van der Waals surface area contributed by atoms with Crippen molar-refractivity contribution in [3.8, 4) is 0 Å². The average molecular weight is 279 g/mol. The predicted molar refractivity (Wildman–Crippen MR) is 78.6 cm³/mol. The van der Waals surface area contributed by atoms with E-state index in [0.717, 1.165) is 37.6 Å². The highest BCUT2D eigenvalue weighted by Gasteiger charge is 2.53. The summed E-state index contributed by atoms with van der Waals surface area (Å²) in [6.45, 7) is 4.36. The van der Waals surface area contributed by atoms with Gasteiger partial charge in [0.25, 0.3) is 0 Å². The number of rotatable bonds is 2. The molecule has 0 amide bonds. The summed E-state index contributed by atoms with van der Waals surface area (Å²) in [6.07, 6.45) is 11.3. The van der Waals surface area contributed by atoms with Gasteiger partial charge in [-0.15, -0.1) is 0 Å². The SMILES string of the molecule is OC[C@]12CCOC[C@H]1CN(C1CC3(CCCCC3)C1)C2. The molecule has 0 aromatic heterocycles. The van der Waals surface area contributed by atoms with Crippen LogP contribution >= 0.6 is 0 Å². The number of aliphatic hydroxyl groups is 1. The van der Waals surface area contributed by atoms with E-state index in [9.17, 15) is 5.11 Å². The van der Waals surface area contributed by atoms with Gasteiger partial charge in [-0.25, -0.2) is 0 Å². The third kappa shape index (κ3) is 2.05. The second kappa shape index (κ2) is 4.96. The first-order valence-electron chi connectivity index (χ1n) is 8.68. The van der Waals surface area contributed by atoms with Crippen molar-refractivity contribution in [2.45, 2.75) is 57.4 Å². The van der Waals surface area contributed by atoms with Gasteiger partial charge in [-0.2, -0.15) is 0 Å². The molecule has 2 saturated heterocycles. The standard InChI is InChI=1S/C17H29NO2/c19-13-17-6-7-20-11-14(17)10-18(12-17)15-8-16(9-15)4-2-1-3-5-16/h14-15,19H,1-13H2/t14-,17-/m1/s1. The monoisotopic (exact) mass is 279 g/mol. The van der Waals surface area contributed by atoms with E-state index in [0.29, 0.717) is 12.5 Å². The number of hydrogen-bond acceptors (Lipinski definition) is 3. The smallest absolute Gasteiger partial charge is 0.0513 e. The van der Waals surface area contributed by atoms with Crippen LogP contribution in [-0.4, -0.2) is 49.0 Å². The van der Waals surface area contributed by atoms with Crippen LogP contribution in [0.3, 0.4) is 0 Å². The average Bonchev–Trinajstić information content (AvgIpc) is 2.85. The molecule has 1 spiro atoms. The van der Waals surface area contributed by atoms with E-state index in [2.05, 4.69) is 4.90 Å². The van der Waals surface area contributed by atoms with Crippen molar-refractivity contribution in [1.82, 2.24) is 4.90 Å². The Balaban J connectivity index is 1.39. The summed E-state index contributed by atoms with van der Waals surface area (Å²) < 4.78 is 5.66. The Hall–Kier alpha value is -0.120. The van der Waals surface area contributed by atoms with Gasteiger partial charge < -0.3 is 9.84 Å². The normalized spacial score (nSPS) is 41.5. The van der Waals surface area contributed by atoms with Crippen LogP contribution in [0.4, 0.5) is 0 Å². The van der Waals surface area contributed by atoms with Crippen molar-refractivity contribution >= 4 is 0 Å². The molecular formula is C17H29NO2. The molecule has 1 N–H and O–H groups in total. The topological polar surface area (TPSA) is 32.7 Å². The minimum atomic E-state index is 0.160. The Bertz CT molecular complexity index is 358. The van der Waals surface area contributed by atoms with Crippen LogP contribution in [0.1, 0.15) is 51.4 Å². The van der Waals surface area contributed by atoms with Crippen LogP contribution in [0.15, 0.2) is 0 Å². The molecule has 2 heterocycles. The first-order chi connectivity index (χ1) is 9.75. The van der Waals surface area contributed by atoms with E-state index in [-0.39, 0.29) is 5.41 Å². The summed E-state index contributed by atoms with van der Waals surface area (Å²) in [5.41, 5.74) is 0.882. The zero-order valence-corrected chi connectivity index (χ0v) is 12.6. The lowest BCUT2D eigenvalue weighted by Gasteiger charge is -2.53. The van der Waals surface area contributed by atoms with E-state index in [4.69, 9.17) is 4.74 Å². The fraction of sp³-hybridized carbons (Fsp3) is 1.00. The molecule has 4 aliphatic rings. The Morgan fingerprint density at radius 3 is 2.60 bits per heavy atom. The summed E-state index contributed by atoms with van der Waals surface area (Å²) in [4.78, 5) is 2.70. The number of fused-ring (bicyclic) bond motifs is 1. The second-order valence-corrected chi connectivity index (χ2v) is 8.09. The van der Waals surface area contributed by atoms with Gasteiger partial charge in [0.15, 0.2) is 0 Å². The number of ether oxygens (including phenoxy) is 1. The summed E-state index contributed by atoms with van der Waals surface area (Å²) in [5.74, 6) is 0.573. The van der Waals surface area contributed by atoms with Gasteiger partial charge >= 0.3 is 0 Å². The van der Waals surface area contributed by atoms with Gasteiger partial charge in [0.05, 0.1) is 13.2 Å². The summed E-state index contributed by atoms with van der Waals surface area (Å²) in [6, 6.07) is 0.808. The first-order valence-corrected chi connectivity index (χ1v) is 8.68. The molecule has 20 heavy (non-hydrogen) atoms. The molecule has 3 heteroatoms. The lowest BCUT2D eigenvalue weighted by atomic mass is 9.58. The predicted octanol–water partition coefficient (Wildman–Crippen LogP) is 2.43. The number of likely N-dealkylation sites (tertiary alicyclic amines) is 1. The molecule has 0 unspecified atom stereocenters. The zero-order chi connectivity index (χ0) is 13.6. The molecule has 2 aliphatic heterocycles. The zero-order valence-electron chi connectivity index (χ0n) is 12.6. The van der Waals surface area contributed by atoms with Crippen LogP contribution < -0.4 is 0 Å². The molecule has 0 radical (unpaired) electrons. The fourth-order valence-electron chi connectivity index (χ4n) is 5.53. The van der Waals surface area contributed by atoms with Gasteiger partial charge in [-0.3, -0.25) is 4.90 Å². The van der Waals surface area contributed by atoms with Crippen molar-refractivity contribution in [2.75, 3.05) is 32.9 Å². The molecule has 2 saturated carbocycles. The van der Waals surface area contributed by atoms with Crippen molar-refractivity contribution in [1.29, 1.82) is 0 Å². The van der Waals surface area contributed by atoms with Crippen LogP contribution in [0.25, 0.3) is 0 Å². The molecule has 3 nitrogen and oxygen atoms in total. The van der Waals surface area contributed by atoms with Crippen molar-refractivity contribution in [3.05, 3.63) is 0 Å². The van der Waals surface area contributed by atoms with Crippen molar-refractivity contribution in [2.24, 2.45) is 16.7 Å². The molecule has 114 valence electrons. The highest BCUT2D eigenvalue weighted by Crippen LogP contribution is 2.55. The van der Waals surface area contributed by atoms with Crippen LogP contribution in [0.5, 0.6) is 0 Å². The van der Waals surface area contributed by atoms with E-state index in [1.54, 1.807) is 0 Å². The van der Waals surface area contributed by atoms with E-state index >= 15 is 0 Å². The first kappa shape index (κ1) is 13.5. The molecule has 2 aliphatic carbocycles. The summed E-state index contributed by atoms with van der Waals surface area (Å²) >= 11 is 0. The highest BCUT2D eigenvalue weighted by molar-refractivity contribution is 5.06. The molecule has 2 atom stereocenters. The van der Waals surface area contributed by atoms with Crippen molar-refractivity contribution < 1.29 is 9.84 Å². The van der Waals surface area contributed by atoms with E-state index in [1.165, 1.54) is 51.5 Å². The maximum atomic E-state index is 9.90. The molecular weight excluding hydrogens is 250 g/mol. The third-order valence-electron chi connectivity index (χ3n) is 6.99. The van der Waals surface area contributed by atoms with E-state index < -0.39 is 0 Å². The maximum Gasteiger partial charge on any atom is 0.0513 e. The van der Waals surface area contributed by atoms with Crippen LogP contribution in [0.2, 0.25) is 0 Å². The quantitative estimate of drug-likeness (QED) is 0.842. The molecule has 0 aromatic rings. The second-order valence-electron chi connectivity index (χ2n) is 8.09. The number of aliphatic hydroxyl groups excluding tert-OH is 1.